The highest BCUT2D eigenvalue weighted by molar-refractivity contribution is 5.66. The molecule has 1 N–H and O–H groups in total. The van der Waals surface area contributed by atoms with Gasteiger partial charge in [-0.05, 0) is 19.4 Å². The van der Waals surface area contributed by atoms with Gasteiger partial charge >= 0.3 is 5.97 Å². The maximum atomic E-state index is 10.3. The third kappa shape index (κ3) is 3.73. The number of ether oxygens (including phenoxy) is 2. The number of rotatable bonds is 8. The summed E-state index contributed by atoms with van der Waals surface area (Å²) in [5.74, 6) is -1.11. The Balaban J connectivity index is 1.99. The number of likely N-dealkylation sites (tertiary alicyclic amines) is 1. The monoisotopic (exact) mass is 231 g/mol. The van der Waals surface area contributed by atoms with E-state index in [2.05, 4.69) is 4.90 Å². The van der Waals surface area contributed by atoms with Crippen LogP contribution in [0.4, 0.5) is 0 Å². The van der Waals surface area contributed by atoms with Gasteiger partial charge in [0.15, 0.2) is 5.79 Å². The molecule has 1 aliphatic rings. The van der Waals surface area contributed by atoms with Gasteiger partial charge in [-0.2, -0.15) is 0 Å². The van der Waals surface area contributed by atoms with Crippen molar-refractivity contribution in [2.75, 3.05) is 33.9 Å². The minimum atomic E-state index is -0.707. The number of hydrogen-bond donors (Lipinski definition) is 1. The van der Waals surface area contributed by atoms with Crippen LogP contribution in [-0.2, 0) is 14.3 Å². The molecule has 0 aromatic rings. The van der Waals surface area contributed by atoms with Crippen LogP contribution in [0.25, 0.3) is 0 Å². The number of hydrogen-bond acceptors (Lipinski definition) is 4. The van der Waals surface area contributed by atoms with Gasteiger partial charge in [-0.15, -0.1) is 0 Å². The van der Waals surface area contributed by atoms with Crippen molar-refractivity contribution in [2.45, 2.75) is 31.5 Å². The third-order valence-electron chi connectivity index (χ3n) is 3.04. The first-order valence-electron chi connectivity index (χ1n) is 5.66. The summed E-state index contributed by atoms with van der Waals surface area (Å²) in [4.78, 5) is 12.5. The van der Waals surface area contributed by atoms with Crippen LogP contribution in [-0.4, -0.2) is 55.6 Å². The van der Waals surface area contributed by atoms with Crippen molar-refractivity contribution in [3.63, 3.8) is 0 Å². The van der Waals surface area contributed by atoms with Crippen molar-refractivity contribution >= 4 is 5.97 Å². The Morgan fingerprint density at radius 3 is 2.38 bits per heavy atom. The number of aliphatic carboxylic acids is 1. The second-order valence-electron chi connectivity index (χ2n) is 4.23. The lowest BCUT2D eigenvalue weighted by Gasteiger charge is -2.47. The van der Waals surface area contributed by atoms with E-state index in [0.29, 0.717) is 0 Å². The van der Waals surface area contributed by atoms with Gasteiger partial charge in [0.1, 0.15) is 0 Å². The zero-order chi connectivity index (χ0) is 12.0. The lowest BCUT2D eigenvalue weighted by atomic mass is 10.1. The molecule has 0 radical (unpaired) electrons. The van der Waals surface area contributed by atoms with Crippen LogP contribution in [0.3, 0.4) is 0 Å². The fourth-order valence-electron chi connectivity index (χ4n) is 1.92. The smallest absolute Gasteiger partial charge is 0.303 e. The van der Waals surface area contributed by atoms with E-state index in [1.807, 2.05) is 0 Å². The van der Waals surface area contributed by atoms with E-state index in [1.165, 1.54) is 0 Å². The van der Waals surface area contributed by atoms with Crippen molar-refractivity contribution in [3.05, 3.63) is 0 Å². The van der Waals surface area contributed by atoms with Crippen LogP contribution >= 0.6 is 0 Å². The molecule has 1 fully saturated rings. The highest BCUT2D eigenvalue weighted by Crippen LogP contribution is 2.25. The summed E-state index contributed by atoms with van der Waals surface area (Å²) in [6.45, 7) is 2.60. The molecule has 5 heteroatoms. The van der Waals surface area contributed by atoms with Gasteiger partial charge < -0.3 is 14.6 Å². The molecule has 0 amide bonds. The van der Waals surface area contributed by atoms with Crippen molar-refractivity contribution in [2.24, 2.45) is 0 Å². The lowest BCUT2D eigenvalue weighted by Crippen LogP contribution is -2.63. The Kier molecular flexibility index (Phi) is 5.18. The second-order valence-corrected chi connectivity index (χ2v) is 4.23. The number of carboxylic acid groups (broad SMARTS) is 1. The van der Waals surface area contributed by atoms with E-state index in [9.17, 15) is 4.79 Å². The molecule has 1 rings (SSSR count). The normalized spacial score (nSPS) is 19.4. The van der Waals surface area contributed by atoms with Gasteiger partial charge in [0, 0.05) is 20.6 Å². The molecular formula is C11H21NO4. The summed E-state index contributed by atoms with van der Waals surface area (Å²) >= 11 is 0. The molecule has 94 valence electrons. The molecular weight excluding hydrogens is 210 g/mol. The first-order chi connectivity index (χ1) is 7.62. The number of carboxylic acids is 1. The minimum absolute atomic E-state index is 0.278. The Morgan fingerprint density at radius 1 is 1.25 bits per heavy atom. The maximum absolute atomic E-state index is 10.3. The summed E-state index contributed by atoms with van der Waals surface area (Å²) in [5, 5.41) is 8.47. The number of unbranched alkanes of at least 4 members (excludes halogenated alkanes) is 2. The number of nitrogens with zero attached hydrogens (tertiary/aromatic N) is 1. The molecule has 0 aliphatic carbocycles. The van der Waals surface area contributed by atoms with Gasteiger partial charge in [-0.25, -0.2) is 0 Å². The molecule has 1 heterocycles. The standard InChI is InChI=1S/C11H21NO4/c1-15-11(16-2)8-12(9-11)7-5-3-4-6-10(13)14/h3-9H2,1-2H3,(H,13,14). The van der Waals surface area contributed by atoms with Crippen LogP contribution in [0.2, 0.25) is 0 Å². The first kappa shape index (κ1) is 13.4. The summed E-state index contributed by atoms with van der Waals surface area (Å²) in [6, 6.07) is 0. The third-order valence-corrected chi connectivity index (χ3v) is 3.04. The zero-order valence-electron chi connectivity index (χ0n) is 10.1. The molecule has 1 aliphatic heterocycles. The van der Waals surface area contributed by atoms with Crippen molar-refractivity contribution in [1.82, 2.24) is 4.90 Å². The van der Waals surface area contributed by atoms with Gasteiger partial charge in [0.2, 0.25) is 0 Å². The van der Waals surface area contributed by atoms with Crippen LogP contribution in [0.15, 0.2) is 0 Å². The number of methoxy groups -OCH3 is 2. The zero-order valence-corrected chi connectivity index (χ0v) is 10.1. The summed E-state index contributed by atoms with van der Waals surface area (Å²) < 4.78 is 10.5. The Hall–Kier alpha value is -0.650. The molecule has 1 saturated heterocycles. The average Bonchev–Trinajstić information content (AvgIpc) is 2.20. The second kappa shape index (κ2) is 6.18. The molecule has 0 saturated carbocycles. The molecule has 0 aromatic heterocycles. The average molecular weight is 231 g/mol. The molecule has 16 heavy (non-hydrogen) atoms. The predicted octanol–water partition coefficient (Wildman–Crippen LogP) is 0.936. The quantitative estimate of drug-likeness (QED) is 0.497. The van der Waals surface area contributed by atoms with Crippen LogP contribution < -0.4 is 0 Å². The van der Waals surface area contributed by atoms with E-state index < -0.39 is 11.8 Å². The fourth-order valence-corrected chi connectivity index (χ4v) is 1.92. The minimum Gasteiger partial charge on any atom is -0.481 e. The van der Waals surface area contributed by atoms with E-state index in [1.54, 1.807) is 14.2 Å². The van der Waals surface area contributed by atoms with Crippen LogP contribution in [0, 0.1) is 0 Å². The highest BCUT2D eigenvalue weighted by Gasteiger charge is 2.43. The largest absolute Gasteiger partial charge is 0.481 e. The Labute approximate surface area is 96.3 Å². The molecule has 0 bridgehead atoms. The van der Waals surface area contributed by atoms with Gasteiger partial charge in [-0.1, -0.05) is 6.42 Å². The van der Waals surface area contributed by atoms with Crippen molar-refractivity contribution in [3.8, 4) is 0 Å². The van der Waals surface area contributed by atoms with Gasteiger partial charge in [0.25, 0.3) is 0 Å². The summed E-state index contributed by atoms with van der Waals surface area (Å²) in [5.41, 5.74) is 0. The van der Waals surface area contributed by atoms with Gasteiger partial charge in [-0.3, -0.25) is 9.69 Å². The first-order valence-corrected chi connectivity index (χ1v) is 5.66. The SMILES string of the molecule is COC1(OC)CN(CCCCCC(=O)O)C1. The fraction of sp³-hybridized carbons (Fsp3) is 0.909. The summed E-state index contributed by atoms with van der Waals surface area (Å²) in [6.07, 6.45) is 3.05. The van der Waals surface area contributed by atoms with E-state index >= 15 is 0 Å². The van der Waals surface area contributed by atoms with Crippen LogP contribution in [0.1, 0.15) is 25.7 Å². The van der Waals surface area contributed by atoms with E-state index in [-0.39, 0.29) is 6.42 Å². The predicted molar refractivity (Wildman–Crippen MR) is 59.3 cm³/mol. The molecule has 0 atom stereocenters. The van der Waals surface area contributed by atoms with E-state index in [0.717, 1.165) is 38.9 Å². The van der Waals surface area contributed by atoms with Crippen molar-refractivity contribution in [1.29, 1.82) is 0 Å². The lowest BCUT2D eigenvalue weighted by molar-refractivity contribution is -0.275. The Morgan fingerprint density at radius 2 is 1.88 bits per heavy atom. The molecule has 5 nitrogen and oxygen atoms in total. The molecule has 0 unspecified atom stereocenters. The Bertz CT molecular complexity index is 220. The topological polar surface area (TPSA) is 59.0 Å². The maximum Gasteiger partial charge on any atom is 0.303 e. The molecule has 0 aromatic carbocycles. The summed E-state index contributed by atoms with van der Waals surface area (Å²) in [7, 11) is 3.32. The molecule has 0 spiro atoms. The highest BCUT2D eigenvalue weighted by atomic mass is 16.7. The van der Waals surface area contributed by atoms with Crippen molar-refractivity contribution < 1.29 is 19.4 Å². The van der Waals surface area contributed by atoms with Crippen LogP contribution in [0.5, 0.6) is 0 Å². The number of carbonyl (C=O) groups is 1. The van der Waals surface area contributed by atoms with Gasteiger partial charge in [0.05, 0.1) is 13.1 Å². The van der Waals surface area contributed by atoms with E-state index in [4.69, 9.17) is 14.6 Å².